The summed E-state index contributed by atoms with van der Waals surface area (Å²) in [4.78, 5) is 0.203. The molecular formula is C15H22BrNO3S. The molecule has 0 aromatic heterocycles. The van der Waals surface area contributed by atoms with Gasteiger partial charge in [0, 0.05) is 10.5 Å². The van der Waals surface area contributed by atoms with Crippen molar-refractivity contribution >= 4 is 26.0 Å². The van der Waals surface area contributed by atoms with Gasteiger partial charge < -0.3 is 5.11 Å². The van der Waals surface area contributed by atoms with Crippen LogP contribution >= 0.6 is 15.9 Å². The first-order valence-electron chi connectivity index (χ1n) is 7.09. The van der Waals surface area contributed by atoms with Crippen LogP contribution < -0.4 is 4.72 Å². The largest absolute Gasteiger partial charge is 0.392 e. The maximum absolute atomic E-state index is 12.7. The molecule has 0 aliphatic heterocycles. The van der Waals surface area contributed by atoms with Gasteiger partial charge in [0.2, 0.25) is 10.0 Å². The first kappa shape index (κ1) is 16.9. The van der Waals surface area contributed by atoms with Crippen LogP contribution in [0, 0.1) is 12.3 Å². The summed E-state index contributed by atoms with van der Waals surface area (Å²) in [5.74, 6) is 0. The van der Waals surface area contributed by atoms with Crippen LogP contribution in [0.5, 0.6) is 0 Å². The van der Waals surface area contributed by atoms with E-state index in [1.165, 1.54) is 6.07 Å². The second-order valence-electron chi connectivity index (χ2n) is 6.44. The number of sulfonamides is 1. The van der Waals surface area contributed by atoms with Crippen molar-refractivity contribution in [3.63, 3.8) is 0 Å². The van der Waals surface area contributed by atoms with E-state index in [0.717, 1.165) is 24.8 Å². The molecule has 1 unspecified atom stereocenters. The fraction of sp³-hybridized carbons (Fsp3) is 0.600. The van der Waals surface area contributed by atoms with Crippen LogP contribution in [-0.4, -0.2) is 19.6 Å². The molecule has 1 atom stereocenters. The zero-order valence-electron chi connectivity index (χ0n) is 12.6. The van der Waals surface area contributed by atoms with Crippen LogP contribution in [0.25, 0.3) is 0 Å². The second-order valence-corrected chi connectivity index (χ2v) is 8.91. The number of aliphatic hydroxyl groups is 1. The maximum atomic E-state index is 12.7. The lowest BCUT2D eigenvalue weighted by molar-refractivity contribution is 0.281. The monoisotopic (exact) mass is 375 g/mol. The van der Waals surface area contributed by atoms with Crippen LogP contribution in [-0.2, 0) is 16.6 Å². The predicted octanol–water partition coefficient (Wildman–Crippen LogP) is 3.11. The average Bonchev–Trinajstić information content (AvgIpc) is 2.71. The van der Waals surface area contributed by atoms with Gasteiger partial charge >= 0.3 is 0 Å². The van der Waals surface area contributed by atoms with E-state index in [9.17, 15) is 13.5 Å². The van der Waals surface area contributed by atoms with Crippen LogP contribution in [0.2, 0.25) is 0 Å². The Morgan fingerprint density at radius 2 is 2.10 bits per heavy atom. The van der Waals surface area contributed by atoms with Gasteiger partial charge in [-0.15, -0.1) is 0 Å². The Labute approximate surface area is 135 Å². The van der Waals surface area contributed by atoms with Crippen molar-refractivity contribution in [2.45, 2.75) is 57.6 Å². The van der Waals surface area contributed by atoms with E-state index >= 15 is 0 Å². The molecule has 0 saturated heterocycles. The summed E-state index contributed by atoms with van der Waals surface area (Å²) in [5.41, 5.74) is 1.37. The summed E-state index contributed by atoms with van der Waals surface area (Å²) in [6, 6.07) is 3.26. The van der Waals surface area contributed by atoms with Crippen LogP contribution in [0.1, 0.15) is 44.2 Å². The number of aryl methyl sites for hydroxylation is 1. The topological polar surface area (TPSA) is 66.4 Å². The standard InChI is InChI=1S/C15H22BrNO3S/c1-10-7-11(9-18)8-12(14(10)16)21(19,20)17-13-5-4-6-15(13,2)3/h7-8,13,17-18H,4-6,9H2,1-3H3. The van der Waals surface area contributed by atoms with E-state index in [0.29, 0.717) is 10.0 Å². The van der Waals surface area contributed by atoms with Crippen LogP contribution in [0.15, 0.2) is 21.5 Å². The molecule has 1 aliphatic rings. The van der Waals surface area contributed by atoms with Gasteiger partial charge in [0.25, 0.3) is 0 Å². The summed E-state index contributed by atoms with van der Waals surface area (Å²) in [6.45, 7) is 5.84. The third-order valence-corrected chi connectivity index (χ3v) is 7.12. The SMILES string of the molecule is Cc1cc(CO)cc(S(=O)(=O)NC2CCCC2(C)C)c1Br. The van der Waals surface area contributed by atoms with E-state index in [2.05, 4.69) is 34.5 Å². The van der Waals surface area contributed by atoms with Gasteiger partial charge in [-0.1, -0.05) is 26.3 Å². The minimum absolute atomic E-state index is 0.0246. The molecule has 118 valence electrons. The molecule has 0 amide bonds. The van der Waals surface area contributed by atoms with Crippen LogP contribution in [0.4, 0.5) is 0 Å². The van der Waals surface area contributed by atoms with Crippen molar-refractivity contribution in [1.29, 1.82) is 0 Å². The van der Waals surface area contributed by atoms with Gasteiger partial charge in [0.1, 0.15) is 0 Å². The van der Waals surface area contributed by atoms with E-state index in [-0.39, 0.29) is 23.0 Å². The highest BCUT2D eigenvalue weighted by molar-refractivity contribution is 9.10. The number of halogens is 1. The molecule has 0 spiro atoms. The zero-order valence-corrected chi connectivity index (χ0v) is 15.0. The van der Waals surface area contributed by atoms with Gasteiger partial charge in [-0.25, -0.2) is 13.1 Å². The molecule has 2 N–H and O–H groups in total. The summed E-state index contributed by atoms with van der Waals surface area (Å²) >= 11 is 3.36. The molecule has 1 saturated carbocycles. The third-order valence-electron chi connectivity index (χ3n) is 4.31. The fourth-order valence-corrected chi connectivity index (χ4v) is 5.40. The predicted molar refractivity (Wildman–Crippen MR) is 86.5 cm³/mol. The summed E-state index contributed by atoms with van der Waals surface area (Å²) in [5, 5.41) is 9.28. The molecular weight excluding hydrogens is 354 g/mol. The highest BCUT2D eigenvalue weighted by atomic mass is 79.9. The summed E-state index contributed by atoms with van der Waals surface area (Å²) in [6.07, 6.45) is 2.93. The van der Waals surface area contributed by atoms with Crippen molar-refractivity contribution in [2.24, 2.45) is 5.41 Å². The van der Waals surface area contributed by atoms with E-state index in [1.54, 1.807) is 6.07 Å². The Morgan fingerprint density at radius 1 is 1.43 bits per heavy atom. The maximum Gasteiger partial charge on any atom is 0.241 e. The summed E-state index contributed by atoms with van der Waals surface area (Å²) < 4.78 is 28.8. The summed E-state index contributed by atoms with van der Waals surface area (Å²) in [7, 11) is -3.61. The minimum atomic E-state index is -3.61. The van der Waals surface area contributed by atoms with Gasteiger partial charge in [-0.05, 0) is 58.3 Å². The highest BCUT2D eigenvalue weighted by Crippen LogP contribution is 2.38. The molecule has 4 nitrogen and oxygen atoms in total. The molecule has 1 aromatic rings. The van der Waals surface area contributed by atoms with Crippen molar-refractivity contribution in [1.82, 2.24) is 4.72 Å². The average molecular weight is 376 g/mol. The Hall–Kier alpha value is -0.430. The van der Waals surface area contributed by atoms with E-state index in [1.807, 2.05) is 6.92 Å². The van der Waals surface area contributed by atoms with Crippen molar-refractivity contribution in [3.05, 3.63) is 27.7 Å². The number of hydrogen-bond donors (Lipinski definition) is 2. The van der Waals surface area contributed by atoms with Gasteiger partial charge in [0.15, 0.2) is 0 Å². The van der Waals surface area contributed by atoms with Crippen molar-refractivity contribution in [3.8, 4) is 0 Å². The number of benzene rings is 1. The van der Waals surface area contributed by atoms with E-state index in [4.69, 9.17) is 0 Å². The minimum Gasteiger partial charge on any atom is -0.392 e. The van der Waals surface area contributed by atoms with Crippen molar-refractivity contribution in [2.75, 3.05) is 0 Å². The third kappa shape index (κ3) is 3.50. The molecule has 0 heterocycles. The van der Waals surface area contributed by atoms with Crippen molar-refractivity contribution < 1.29 is 13.5 Å². The van der Waals surface area contributed by atoms with Crippen LogP contribution in [0.3, 0.4) is 0 Å². The van der Waals surface area contributed by atoms with E-state index < -0.39 is 10.0 Å². The molecule has 0 bridgehead atoms. The number of nitrogens with one attached hydrogen (secondary N) is 1. The van der Waals surface area contributed by atoms with Gasteiger partial charge in [-0.3, -0.25) is 0 Å². The lowest BCUT2D eigenvalue weighted by Gasteiger charge is -2.28. The smallest absolute Gasteiger partial charge is 0.241 e. The number of aliphatic hydroxyl groups excluding tert-OH is 1. The number of hydrogen-bond acceptors (Lipinski definition) is 3. The molecule has 6 heteroatoms. The Morgan fingerprint density at radius 3 is 2.62 bits per heavy atom. The zero-order chi connectivity index (χ0) is 15.8. The molecule has 1 aliphatic carbocycles. The first-order chi connectivity index (χ1) is 9.67. The quantitative estimate of drug-likeness (QED) is 0.849. The lowest BCUT2D eigenvalue weighted by Crippen LogP contribution is -2.41. The molecule has 2 rings (SSSR count). The fourth-order valence-electron chi connectivity index (χ4n) is 2.89. The molecule has 1 aromatic carbocycles. The normalized spacial score (nSPS) is 21.7. The molecule has 21 heavy (non-hydrogen) atoms. The van der Waals surface area contributed by atoms with Gasteiger partial charge in [0.05, 0.1) is 11.5 Å². The Bertz CT molecular complexity index is 641. The number of rotatable bonds is 4. The highest BCUT2D eigenvalue weighted by Gasteiger charge is 2.37. The first-order valence-corrected chi connectivity index (χ1v) is 9.37. The Balaban J connectivity index is 2.38. The van der Waals surface area contributed by atoms with Gasteiger partial charge in [-0.2, -0.15) is 0 Å². The Kier molecular flexibility index (Phi) is 4.83. The molecule has 1 fully saturated rings. The lowest BCUT2D eigenvalue weighted by atomic mass is 9.88. The molecule has 0 radical (unpaired) electrons. The second kappa shape index (κ2) is 5.99.